The maximum Gasteiger partial charge on any atom is 0.133 e. The van der Waals surface area contributed by atoms with Crippen molar-refractivity contribution in [1.29, 1.82) is 0 Å². The van der Waals surface area contributed by atoms with Crippen molar-refractivity contribution in [2.45, 2.75) is 38.9 Å². The molecule has 0 saturated heterocycles. The van der Waals surface area contributed by atoms with Crippen molar-refractivity contribution in [2.75, 3.05) is 0 Å². The second-order valence-corrected chi connectivity index (χ2v) is 5.19. The van der Waals surface area contributed by atoms with Gasteiger partial charge in [-0.15, -0.1) is 0 Å². The Balaban J connectivity index is 1.69. The maximum absolute atomic E-state index is 12.9. The second kappa shape index (κ2) is 5.13. The van der Waals surface area contributed by atoms with E-state index in [9.17, 15) is 4.39 Å². The fourth-order valence-electron chi connectivity index (χ4n) is 2.28. The molecular formula is C15H17FN2O. The van der Waals surface area contributed by atoms with E-state index in [4.69, 9.17) is 4.52 Å². The van der Waals surface area contributed by atoms with Gasteiger partial charge < -0.3 is 4.52 Å². The van der Waals surface area contributed by atoms with E-state index in [0.717, 1.165) is 30.1 Å². The Morgan fingerprint density at radius 2 is 2.00 bits per heavy atom. The van der Waals surface area contributed by atoms with Gasteiger partial charge in [0.1, 0.15) is 11.6 Å². The summed E-state index contributed by atoms with van der Waals surface area (Å²) in [5, 5.41) is 4.04. The van der Waals surface area contributed by atoms with Gasteiger partial charge in [0.25, 0.3) is 0 Å². The highest BCUT2D eigenvalue weighted by Gasteiger charge is 2.29. The average Bonchev–Trinajstić information content (AvgIpc) is 3.16. The van der Waals surface area contributed by atoms with E-state index in [2.05, 4.69) is 10.1 Å². The molecule has 1 aliphatic rings. The molecule has 1 heterocycles. The van der Waals surface area contributed by atoms with Crippen molar-refractivity contribution in [3.05, 3.63) is 53.2 Å². The zero-order chi connectivity index (χ0) is 13.2. The molecule has 3 rings (SSSR count). The van der Waals surface area contributed by atoms with E-state index in [0.29, 0.717) is 6.04 Å². The van der Waals surface area contributed by atoms with Crippen LogP contribution in [-0.2, 0) is 13.1 Å². The Hall–Kier alpha value is -1.68. The van der Waals surface area contributed by atoms with Gasteiger partial charge in [0.2, 0.25) is 0 Å². The predicted octanol–water partition coefficient (Wildman–Crippen LogP) is 3.29. The molecule has 0 atom stereocenters. The van der Waals surface area contributed by atoms with E-state index >= 15 is 0 Å². The van der Waals surface area contributed by atoms with Crippen molar-refractivity contribution < 1.29 is 8.91 Å². The molecule has 1 aliphatic carbocycles. The Bertz CT molecular complexity index is 546. The number of hydrogen-bond acceptors (Lipinski definition) is 3. The largest absolute Gasteiger partial charge is 0.361 e. The van der Waals surface area contributed by atoms with Gasteiger partial charge in [-0.25, -0.2) is 4.39 Å². The number of hydrogen-bond donors (Lipinski definition) is 0. The van der Waals surface area contributed by atoms with Gasteiger partial charge in [0, 0.05) is 25.2 Å². The van der Waals surface area contributed by atoms with E-state index < -0.39 is 0 Å². The van der Waals surface area contributed by atoms with Crippen LogP contribution in [0.4, 0.5) is 4.39 Å². The van der Waals surface area contributed by atoms with Crippen LogP contribution in [0, 0.1) is 12.7 Å². The Labute approximate surface area is 112 Å². The van der Waals surface area contributed by atoms with Gasteiger partial charge in [-0.3, -0.25) is 4.90 Å². The summed E-state index contributed by atoms with van der Waals surface area (Å²) in [6.07, 6.45) is 2.47. The van der Waals surface area contributed by atoms with Crippen molar-refractivity contribution in [2.24, 2.45) is 0 Å². The van der Waals surface area contributed by atoms with Crippen LogP contribution in [0.3, 0.4) is 0 Å². The molecule has 0 amide bonds. The van der Waals surface area contributed by atoms with Crippen LogP contribution in [0.5, 0.6) is 0 Å². The van der Waals surface area contributed by atoms with Crippen LogP contribution >= 0.6 is 0 Å². The Morgan fingerprint density at radius 1 is 1.26 bits per heavy atom. The minimum Gasteiger partial charge on any atom is -0.361 e. The topological polar surface area (TPSA) is 29.3 Å². The van der Waals surface area contributed by atoms with Gasteiger partial charge in [0.05, 0.1) is 5.69 Å². The SMILES string of the molecule is Cc1cc(CN(Cc2ccc(F)cc2)C2CC2)no1. The third-order valence-electron chi connectivity index (χ3n) is 3.40. The summed E-state index contributed by atoms with van der Waals surface area (Å²) in [5.74, 6) is 0.654. The first-order chi connectivity index (χ1) is 9.20. The first kappa shape index (κ1) is 12.4. The minimum absolute atomic E-state index is 0.186. The van der Waals surface area contributed by atoms with Crippen LogP contribution in [0.1, 0.15) is 29.9 Å². The van der Waals surface area contributed by atoms with Gasteiger partial charge in [-0.1, -0.05) is 17.3 Å². The molecule has 1 aromatic carbocycles. The number of benzene rings is 1. The number of nitrogens with zero attached hydrogens (tertiary/aromatic N) is 2. The van der Waals surface area contributed by atoms with Gasteiger partial charge in [0.15, 0.2) is 0 Å². The summed E-state index contributed by atoms with van der Waals surface area (Å²) in [6, 6.07) is 9.32. The lowest BCUT2D eigenvalue weighted by Gasteiger charge is -2.20. The van der Waals surface area contributed by atoms with E-state index in [-0.39, 0.29) is 5.82 Å². The quantitative estimate of drug-likeness (QED) is 0.826. The van der Waals surface area contributed by atoms with E-state index in [1.807, 2.05) is 25.1 Å². The smallest absolute Gasteiger partial charge is 0.133 e. The molecule has 0 spiro atoms. The van der Waals surface area contributed by atoms with E-state index in [1.165, 1.54) is 25.0 Å². The normalized spacial score (nSPS) is 15.1. The van der Waals surface area contributed by atoms with Crippen LogP contribution < -0.4 is 0 Å². The summed E-state index contributed by atoms with van der Waals surface area (Å²) >= 11 is 0. The molecule has 0 unspecified atom stereocenters. The number of rotatable bonds is 5. The highest BCUT2D eigenvalue weighted by atomic mass is 19.1. The number of aryl methyl sites for hydroxylation is 1. The average molecular weight is 260 g/mol. The molecule has 0 N–H and O–H groups in total. The fourth-order valence-corrected chi connectivity index (χ4v) is 2.28. The summed E-state index contributed by atoms with van der Waals surface area (Å²) in [7, 11) is 0. The highest BCUT2D eigenvalue weighted by molar-refractivity contribution is 5.16. The lowest BCUT2D eigenvalue weighted by Crippen LogP contribution is -2.25. The second-order valence-electron chi connectivity index (χ2n) is 5.19. The monoisotopic (exact) mass is 260 g/mol. The number of aromatic nitrogens is 1. The fraction of sp³-hybridized carbons (Fsp3) is 0.400. The standard InChI is InChI=1S/C15H17FN2O/c1-11-8-14(17-19-11)10-18(15-6-7-15)9-12-2-4-13(16)5-3-12/h2-5,8,15H,6-7,9-10H2,1H3. The third kappa shape index (κ3) is 3.20. The predicted molar refractivity (Wildman–Crippen MR) is 69.9 cm³/mol. The molecule has 1 aromatic heterocycles. The maximum atomic E-state index is 12.9. The Kier molecular flexibility index (Phi) is 3.34. The Morgan fingerprint density at radius 3 is 2.58 bits per heavy atom. The van der Waals surface area contributed by atoms with Crippen molar-refractivity contribution in [1.82, 2.24) is 10.1 Å². The van der Waals surface area contributed by atoms with Crippen LogP contribution in [-0.4, -0.2) is 16.1 Å². The summed E-state index contributed by atoms with van der Waals surface area (Å²) in [5.41, 5.74) is 2.10. The summed E-state index contributed by atoms with van der Waals surface area (Å²) in [6.45, 7) is 3.52. The van der Waals surface area contributed by atoms with Crippen LogP contribution in [0.2, 0.25) is 0 Å². The molecule has 19 heavy (non-hydrogen) atoms. The van der Waals surface area contributed by atoms with E-state index in [1.54, 1.807) is 0 Å². The summed E-state index contributed by atoms with van der Waals surface area (Å²) in [4.78, 5) is 2.38. The molecule has 4 heteroatoms. The van der Waals surface area contributed by atoms with Gasteiger partial charge in [-0.05, 0) is 37.5 Å². The minimum atomic E-state index is -0.186. The molecule has 3 nitrogen and oxygen atoms in total. The van der Waals surface area contributed by atoms with Gasteiger partial charge >= 0.3 is 0 Å². The van der Waals surface area contributed by atoms with Crippen molar-refractivity contribution >= 4 is 0 Å². The lowest BCUT2D eigenvalue weighted by atomic mass is 10.2. The first-order valence-corrected chi connectivity index (χ1v) is 6.61. The third-order valence-corrected chi connectivity index (χ3v) is 3.40. The molecular weight excluding hydrogens is 243 g/mol. The molecule has 0 bridgehead atoms. The zero-order valence-electron chi connectivity index (χ0n) is 11.0. The highest BCUT2D eigenvalue weighted by Crippen LogP contribution is 2.29. The molecule has 1 saturated carbocycles. The van der Waals surface area contributed by atoms with Crippen molar-refractivity contribution in [3.8, 4) is 0 Å². The molecule has 1 fully saturated rings. The molecule has 100 valence electrons. The summed E-state index contributed by atoms with van der Waals surface area (Å²) < 4.78 is 18.0. The molecule has 0 aliphatic heterocycles. The molecule has 2 aromatic rings. The number of halogens is 1. The van der Waals surface area contributed by atoms with Crippen LogP contribution in [0.25, 0.3) is 0 Å². The van der Waals surface area contributed by atoms with Crippen LogP contribution in [0.15, 0.2) is 34.9 Å². The lowest BCUT2D eigenvalue weighted by molar-refractivity contribution is 0.237. The zero-order valence-corrected chi connectivity index (χ0v) is 11.0. The first-order valence-electron chi connectivity index (χ1n) is 6.61. The molecule has 0 radical (unpaired) electrons. The van der Waals surface area contributed by atoms with Crippen molar-refractivity contribution in [3.63, 3.8) is 0 Å². The van der Waals surface area contributed by atoms with Gasteiger partial charge in [-0.2, -0.15) is 0 Å².